The van der Waals surface area contributed by atoms with Crippen LogP contribution in [0.1, 0.15) is 39.2 Å². The standard InChI is InChI=1S/C17H27N3O3/c1-17(2,3)23-16(22)19-11-7-10-14(18)15(21)20-12-13-8-5-4-6-9-13/h4-6,8-9,14H,7,10-12,18H2,1-3H3,(H,19,22)(H,20,21)/t14-/m0/s1. The number of carbonyl (C=O) groups excluding carboxylic acids is 2. The number of carbonyl (C=O) groups is 2. The Kier molecular flexibility index (Phi) is 7.54. The molecule has 0 aromatic heterocycles. The van der Waals surface area contributed by atoms with E-state index in [9.17, 15) is 9.59 Å². The van der Waals surface area contributed by atoms with Crippen molar-refractivity contribution in [3.05, 3.63) is 35.9 Å². The first-order valence-electron chi connectivity index (χ1n) is 7.82. The van der Waals surface area contributed by atoms with Crippen molar-refractivity contribution in [2.75, 3.05) is 6.54 Å². The zero-order valence-corrected chi connectivity index (χ0v) is 14.1. The van der Waals surface area contributed by atoms with Gasteiger partial charge in [-0.05, 0) is 39.2 Å². The molecule has 0 aliphatic rings. The summed E-state index contributed by atoms with van der Waals surface area (Å²) in [7, 11) is 0. The zero-order chi connectivity index (χ0) is 17.3. The summed E-state index contributed by atoms with van der Waals surface area (Å²) in [6, 6.07) is 9.06. The lowest BCUT2D eigenvalue weighted by molar-refractivity contribution is -0.122. The molecule has 4 N–H and O–H groups in total. The Balaban J connectivity index is 2.17. The van der Waals surface area contributed by atoms with Crippen LogP contribution in [0.5, 0.6) is 0 Å². The summed E-state index contributed by atoms with van der Waals surface area (Å²) in [6.45, 7) is 6.30. The number of rotatable bonds is 7. The maximum absolute atomic E-state index is 11.9. The molecule has 0 bridgehead atoms. The van der Waals surface area contributed by atoms with Crippen LogP contribution in [-0.2, 0) is 16.1 Å². The minimum Gasteiger partial charge on any atom is -0.444 e. The van der Waals surface area contributed by atoms with Gasteiger partial charge in [-0.15, -0.1) is 0 Å². The van der Waals surface area contributed by atoms with Gasteiger partial charge in [-0.1, -0.05) is 30.3 Å². The number of alkyl carbamates (subject to hydrolysis) is 1. The largest absolute Gasteiger partial charge is 0.444 e. The van der Waals surface area contributed by atoms with Crippen LogP contribution in [0.25, 0.3) is 0 Å². The SMILES string of the molecule is CC(C)(C)OC(=O)NCCC[C@H](N)C(=O)NCc1ccccc1. The summed E-state index contributed by atoms with van der Waals surface area (Å²) in [6.07, 6.45) is 0.648. The first-order valence-corrected chi connectivity index (χ1v) is 7.82. The predicted octanol–water partition coefficient (Wildman–Crippen LogP) is 1.94. The second kappa shape index (κ2) is 9.15. The van der Waals surface area contributed by atoms with Crippen LogP contribution in [0.2, 0.25) is 0 Å². The van der Waals surface area contributed by atoms with Crippen LogP contribution in [-0.4, -0.2) is 30.2 Å². The van der Waals surface area contributed by atoms with Gasteiger partial charge in [-0.3, -0.25) is 4.79 Å². The lowest BCUT2D eigenvalue weighted by Crippen LogP contribution is -2.41. The highest BCUT2D eigenvalue weighted by Gasteiger charge is 2.16. The highest BCUT2D eigenvalue weighted by atomic mass is 16.6. The van der Waals surface area contributed by atoms with E-state index < -0.39 is 17.7 Å². The maximum atomic E-state index is 11.9. The van der Waals surface area contributed by atoms with Crippen molar-refractivity contribution in [3.8, 4) is 0 Å². The molecule has 1 aromatic rings. The molecule has 0 aliphatic heterocycles. The fraction of sp³-hybridized carbons (Fsp3) is 0.529. The summed E-state index contributed by atoms with van der Waals surface area (Å²) in [5.41, 5.74) is 6.36. The number of nitrogens with two attached hydrogens (primary N) is 1. The number of benzene rings is 1. The summed E-state index contributed by atoms with van der Waals surface area (Å²) < 4.78 is 5.12. The second-order valence-electron chi connectivity index (χ2n) is 6.38. The number of hydrogen-bond acceptors (Lipinski definition) is 4. The van der Waals surface area contributed by atoms with Gasteiger partial charge in [-0.2, -0.15) is 0 Å². The topological polar surface area (TPSA) is 93.4 Å². The van der Waals surface area contributed by atoms with Crippen molar-refractivity contribution in [1.82, 2.24) is 10.6 Å². The molecule has 0 heterocycles. The van der Waals surface area contributed by atoms with Crippen molar-refractivity contribution in [2.24, 2.45) is 5.73 Å². The minimum absolute atomic E-state index is 0.189. The van der Waals surface area contributed by atoms with Crippen LogP contribution in [0.15, 0.2) is 30.3 Å². The maximum Gasteiger partial charge on any atom is 0.407 e. The average Bonchev–Trinajstić information content (AvgIpc) is 2.48. The Morgan fingerprint density at radius 1 is 1.17 bits per heavy atom. The van der Waals surface area contributed by atoms with Crippen LogP contribution in [0, 0.1) is 0 Å². The molecule has 0 unspecified atom stereocenters. The lowest BCUT2D eigenvalue weighted by atomic mass is 10.1. The van der Waals surface area contributed by atoms with Gasteiger partial charge in [0.15, 0.2) is 0 Å². The van der Waals surface area contributed by atoms with E-state index >= 15 is 0 Å². The van der Waals surface area contributed by atoms with Gasteiger partial charge < -0.3 is 21.1 Å². The molecule has 0 fully saturated rings. The van der Waals surface area contributed by atoms with Gasteiger partial charge in [0.05, 0.1) is 6.04 Å². The van der Waals surface area contributed by atoms with Crippen LogP contribution in [0.4, 0.5) is 4.79 Å². The van der Waals surface area contributed by atoms with E-state index in [0.29, 0.717) is 25.9 Å². The normalized spacial score (nSPS) is 12.3. The molecule has 2 amide bonds. The molecule has 0 saturated carbocycles. The lowest BCUT2D eigenvalue weighted by Gasteiger charge is -2.19. The quantitative estimate of drug-likeness (QED) is 0.669. The predicted molar refractivity (Wildman–Crippen MR) is 89.7 cm³/mol. The van der Waals surface area contributed by atoms with Crippen LogP contribution >= 0.6 is 0 Å². The highest BCUT2D eigenvalue weighted by molar-refractivity contribution is 5.81. The van der Waals surface area contributed by atoms with E-state index in [1.807, 2.05) is 30.3 Å². The fourth-order valence-electron chi connectivity index (χ4n) is 1.87. The Morgan fingerprint density at radius 2 is 1.83 bits per heavy atom. The minimum atomic E-state index is -0.584. The molecule has 0 spiro atoms. The van der Waals surface area contributed by atoms with Crippen molar-refractivity contribution in [2.45, 2.75) is 51.8 Å². The van der Waals surface area contributed by atoms with Gasteiger partial charge in [0.2, 0.25) is 5.91 Å². The third kappa shape index (κ3) is 8.83. The molecule has 23 heavy (non-hydrogen) atoms. The fourth-order valence-corrected chi connectivity index (χ4v) is 1.87. The summed E-state index contributed by atoms with van der Waals surface area (Å²) >= 11 is 0. The Hall–Kier alpha value is -2.08. The van der Waals surface area contributed by atoms with Gasteiger partial charge >= 0.3 is 6.09 Å². The first kappa shape index (κ1) is 19.0. The van der Waals surface area contributed by atoms with Crippen molar-refractivity contribution in [1.29, 1.82) is 0 Å². The number of amides is 2. The van der Waals surface area contributed by atoms with E-state index in [0.717, 1.165) is 5.56 Å². The Bertz CT molecular complexity index is 498. The summed E-state index contributed by atoms with van der Waals surface area (Å²) in [4.78, 5) is 23.3. The van der Waals surface area contributed by atoms with Gasteiger partial charge in [-0.25, -0.2) is 4.79 Å². The third-order valence-electron chi connectivity index (χ3n) is 3.01. The van der Waals surface area contributed by atoms with Gasteiger partial charge in [0.1, 0.15) is 5.60 Å². The zero-order valence-electron chi connectivity index (χ0n) is 14.1. The Labute approximate surface area is 137 Å². The first-order chi connectivity index (χ1) is 10.8. The second-order valence-corrected chi connectivity index (χ2v) is 6.38. The number of nitrogens with one attached hydrogen (secondary N) is 2. The molecule has 0 radical (unpaired) electrons. The molecule has 0 aliphatic carbocycles. The number of hydrogen-bond donors (Lipinski definition) is 3. The molecule has 1 atom stereocenters. The monoisotopic (exact) mass is 321 g/mol. The molecule has 0 saturated heterocycles. The molecule has 1 aromatic carbocycles. The average molecular weight is 321 g/mol. The smallest absolute Gasteiger partial charge is 0.407 e. The van der Waals surface area contributed by atoms with E-state index in [-0.39, 0.29) is 5.91 Å². The van der Waals surface area contributed by atoms with E-state index in [2.05, 4.69) is 10.6 Å². The molecular formula is C17H27N3O3. The van der Waals surface area contributed by atoms with Crippen molar-refractivity contribution in [3.63, 3.8) is 0 Å². The Morgan fingerprint density at radius 3 is 2.43 bits per heavy atom. The van der Waals surface area contributed by atoms with Crippen molar-refractivity contribution < 1.29 is 14.3 Å². The van der Waals surface area contributed by atoms with E-state index in [4.69, 9.17) is 10.5 Å². The number of ether oxygens (including phenoxy) is 1. The van der Waals surface area contributed by atoms with E-state index in [1.54, 1.807) is 20.8 Å². The molecule has 1 rings (SSSR count). The molecular weight excluding hydrogens is 294 g/mol. The van der Waals surface area contributed by atoms with Crippen LogP contribution in [0.3, 0.4) is 0 Å². The van der Waals surface area contributed by atoms with Crippen molar-refractivity contribution >= 4 is 12.0 Å². The highest BCUT2D eigenvalue weighted by Crippen LogP contribution is 2.06. The third-order valence-corrected chi connectivity index (χ3v) is 3.01. The molecule has 6 heteroatoms. The van der Waals surface area contributed by atoms with Crippen LogP contribution < -0.4 is 16.4 Å². The summed E-state index contributed by atoms with van der Waals surface area (Å²) in [5, 5.41) is 5.45. The summed E-state index contributed by atoms with van der Waals surface area (Å²) in [5.74, 6) is -0.189. The van der Waals surface area contributed by atoms with Gasteiger partial charge in [0, 0.05) is 13.1 Å². The van der Waals surface area contributed by atoms with E-state index in [1.165, 1.54) is 0 Å². The van der Waals surface area contributed by atoms with Gasteiger partial charge in [0.25, 0.3) is 0 Å². The molecule has 6 nitrogen and oxygen atoms in total. The molecule has 128 valence electrons.